The van der Waals surface area contributed by atoms with E-state index in [2.05, 4.69) is 20.5 Å². The Labute approximate surface area is 179 Å². The standard InChI is InChI=1S/C21H33FN4O3S/c1-3-23-20(24-16-21(30(2,27)28)9-13-29-14-10-21)25-18-7-11-26(12-8-18)19-6-4-5-17(22)15-19/h4-6,15,18H,3,7-14,16H2,1-2H3,(H2,23,24,25). The SMILES string of the molecule is CCNC(=NCC1(S(C)(=O)=O)CCOCC1)NC1CCN(c2cccc(F)c2)CC1. The molecule has 0 saturated carbocycles. The van der Waals surface area contributed by atoms with Crippen molar-refractivity contribution in [1.29, 1.82) is 0 Å². The number of benzene rings is 1. The fourth-order valence-corrected chi connectivity index (χ4v) is 5.29. The predicted molar refractivity (Wildman–Crippen MR) is 118 cm³/mol. The number of hydrogen-bond acceptors (Lipinski definition) is 5. The lowest BCUT2D eigenvalue weighted by atomic mass is 9.99. The van der Waals surface area contributed by atoms with Crippen LogP contribution in [0.4, 0.5) is 10.1 Å². The van der Waals surface area contributed by atoms with Crippen molar-refractivity contribution in [3.8, 4) is 0 Å². The summed E-state index contributed by atoms with van der Waals surface area (Å²) in [6, 6.07) is 6.92. The number of ether oxygens (including phenoxy) is 1. The molecule has 0 unspecified atom stereocenters. The van der Waals surface area contributed by atoms with Crippen LogP contribution in [0.5, 0.6) is 0 Å². The quantitative estimate of drug-likeness (QED) is 0.520. The van der Waals surface area contributed by atoms with Gasteiger partial charge in [0.15, 0.2) is 15.8 Å². The number of anilines is 1. The maximum atomic E-state index is 13.5. The first-order chi connectivity index (χ1) is 14.3. The number of guanidine groups is 1. The zero-order chi connectivity index (χ0) is 21.6. The van der Waals surface area contributed by atoms with E-state index in [0.29, 0.717) is 38.6 Å². The van der Waals surface area contributed by atoms with Gasteiger partial charge in [-0.1, -0.05) is 6.07 Å². The number of aliphatic imine (C=N–C) groups is 1. The van der Waals surface area contributed by atoms with Crippen LogP contribution in [0.1, 0.15) is 32.6 Å². The van der Waals surface area contributed by atoms with E-state index >= 15 is 0 Å². The average molecular weight is 441 g/mol. The summed E-state index contributed by atoms with van der Waals surface area (Å²) < 4.78 is 43.0. The molecule has 2 aliphatic rings. The van der Waals surface area contributed by atoms with Crippen molar-refractivity contribution in [2.24, 2.45) is 4.99 Å². The minimum absolute atomic E-state index is 0.220. The van der Waals surface area contributed by atoms with Crippen molar-refractivity contribution >= 4 is 21.5 Å². The van der Waals surface area contributed by atoms with Crippen LogP contribution < -0.4 is 15.5 Å². The summed E-state index contributed by atoms with van der Waals surface area (Å²) in [6.45, 7) is 5.46. The van der Waals surface area contributed by atoms with Crippen LogP contribution in [0.25, 0.3) is 0 Å². The molecule has 3 rings (SSSR count). The van der Waals surface area contributed by atoms with Gasteiger partial charge in [-0.05, 0) is 50.8 Å². The number of sulfone groups is 1. The minimum Gasteiger partial charge on any atom is -0.381 e. The fraction of sp³-hybridized carbons (Fsp3) is 0.667. The van der Waals surface area contributed by atoms with Crippen molar-refractivity contribution in [1.82, 2.24) is 10.6 Å². The Kier molecular flexibility index (Phi) is 7.57. The second-order valence-electron chi connectivity index (χ2n) is 8.15. The van der Waals surface area contributed by atoms with Gasteiger partial charge in [-0.2, -0.15) is 0 Å². The molecule has 0 spiro atoms. The Balaban J connectivity index is 1.61. The predicted octanol–water partition coefficient (Wildman–Crippen LogP) is 1.94. The van der Waals surface area contributed by atoms with Gasteiger partial charge < -0.3 is 20.3 Å². The number of halogens is 1. The highest BCUT2D eigenvalue weighted by Crippen LogP contribution is 2.29. The third-order valence-corrected chi connectivity index (χ3v) is 8.18. The molecule has 2 fully saturated rings. The van der Waals surface area contributed by atoms with Gasteiger partial charge in [0.2, 0.25) is 0 Å². The summed E-state index contributed by atoms with van der Waals surface area (Å²) in [5.74, 6) is 0.429. The average Bonchev–Trinajstić information content (AvgIpc) is 2.73. The van der Waals surface area contributed by atoms with E-state index in [0.717, 1.165) is 31.6 Å². The van der Waals surface area contributed by atoms with Crippen molar-refractivity contribution in [2.45, 2.75) is 43.4 Å². The van der Waals surface area contributed by atoms with E-state index in [1.54, 1.807) is 12.1 Å². The molecule has 0 aliphatic carbocycles. The van der Waals surface area contributed by atoms with E-state index in [-0.39, 0.29) is 18.4 Å². The van der Waals surface area contributed by atoms with Crippen LogP contribution in [0, 0.1) is 5.82 Å². The van der Waals surface area contributed by atoms with E-state index in [1.165, 1.54) is 12.3 Å². The molecule has 2 aliphatic heterocycles. The Morgan fingerprint density at radius 3 is 2.60 bits per heavy atom. The number of nitrogens with one attached hydrogen (secondary N) is 2. The van der Waals surface area contributed by atoms with Crippen molar-refractivity contribution in [2.75, 3.05) is 50.5 Å². The van der Waals surface area contributed by atoms with Crippen LogP contribution in [0.2, 0.25) is 0 Å². The second kappa shape index (κ2) is 9.96. The van der Waals surface area contributed by atoms with Gasteiger partial charge >= 0.3 is 0 Å². The van der Waals surface area contributed by atoms with Gasteiger partial charge in [0.1, 0.15) is 5.82 Å². The summed E-state index contributed by atoms with van der Waals surface area (Å²) in [7, 11) is -3.25. The topological polar surface area (TPSA) is 83.0 Å². The molecule has 30 heavy (non-hydrogen) atoms. The third kappa shape index (κ3) is 5.63. The maximum absolute atomic E-state index is 13.5. The van der Waals surface area contributed by atoms with Crippen LogP contribution in [0.3, 0.4) is 0 Å². The van der Waals surface area contributed by atoms with E-state index in [9.17, 15) is 12.8 Å². The van der Waals surface area contributed by atoms with Crippen molar-refractivity contribution in [3.63, 3.8) is 0 Å². The molecule has 0 atom stereocenters. The highest BCUT2D eigenvalue weighted by molar-refractivity contribution is 7.92. The van der Waals surface area contributed by atoms with Gasteiger partial charge in [0.05, 0.1) is 11.3 Å². The maximum Gasteiger partial charge on any atom is 0.191 e. The Morgan fingerprint density at radius 1 is 1.30 bits per heavy atom. The van der Waals surface area contributed by atoms with Crippen LogP contribution in [0.15, 0.2) is 29.3 Å². The van der Waals surface area contributed by atoms with Crippen LogP contribution in [-0.4, -0.2) is 70.8 Å². The minimum atomic E-state index is -3.25. The number of hydrogen-bond donors (Lipinski definition) is 2. The first kappa shape index (κ1) is 22.8. The molecule has 1 aromatic carbocycles. The lowest BCUT2D eigenvalue weighted by Gasteiger charge is -2.35. The van der Waals surface area contributed by atoms with Gasteiger partial charge in [0, 0.05) is 50.8 Å². The molecule has 0 aromatic heterocycles. The lowest BCUT2D eigenvalue weighted by molar-refractivity contribution is 0.0768. The Hall–Kier alpha value is -1.87. The molecule has 9 heteroatoms. The third-order valence-electron chi connectivity index (χ3n) is 6.07. The van der Waals surface area contributed by atoms with E-state index in [4.69, 9.17) is 4.74 Å². The molecule has 168 valence electrons. The first-order valence-electron chi connectivity index (χ1n) is 10.7. The molecule has 1 aromatic rings. The molecule has 0 radical (unpaired) electrons. The molecule has 2 saturated heterocycles. The van der Waals surface area contributed by atoms with Crippen molar-refractivity contribution < 1.29 is 17.5 Å². The van der Waals surface area contributed by atoms with Crippen LogP contribution in [-0.2, 0) is 14.6 Å². The molecule has 7 nitrogen and oxygen atoms in total. The molecule has 2 heterocycles. The van der Waals surface area contributed by atoms with Crippen LogP contribution >= 0.6 is 0 Å². The highest BCUT2D eigenvalue weighted by Gasteiger charge is 2.42. The van der Waals surface area contributed by atoms with Gasteiger partial charge in [-0.15, -0.1) is 0 Å². The number of nitrogens with zero attached hydrogens (tertiary/aromatic N) is 2. The fourth-order valence-electron chi connectivity index (χ4n) is 4.08. The summed E-state index contributed by atoms with van der Waals surface area (Å²) in [4.78, 5) is 6.84. The highest BCUT2D eigenvalue weighted by atomic mass is 32.2. The number of piperidine rings is 1. The Bertz CT molecular complexity index is 832. The normalized spacial score (nSPS) is 20.8. The monoisotopic (exact) mass is 440 g/mol. The second-order valence-corrected chi connectivity index (χ2v) is 10.6. The van der Waals surface area contributed by atoms with Gasteiger partial charge in [0.25, 0.3) is 0 Å². The van der Waals surface area contributed by atoms with E-state index < -0.39 is 14.6 Å². The smallest absolute Gasteiger partial charge is 0.191 e. The Morgan fingerprint density at radius 2 is 2.00 bits per heavy atom. The molecule has 0 bridgehead atoms. The zero-order valence-corrected chi connectivity index (χ0v) is 18.7. The first-order valence-corrected chi connectivity index (χ1v) is 12.5. The lowest BCUT2D eigenvalue weighted by Crippen LogP contribution is -2.50. The molecular formula is C21H33FN4O3S. The van der Waals surface area contributed by atoms with E-state index in [1.807, 2.05) is 13.0 Å². The summed E-state index contributed by atoms with van der Waals surface area (Å²) >= 11 is 0. The van der Waals surface area contributed by atoms with Crippen molar-refractivity contribution in [3.05, 3.63) is 30.1 Å². The number of rotatable bonds is 6. The summed E-state index contributed by atoms with van der Waals surface area (Å²) in [6.07, 6.45) is 4.04. The largest absolute Gasteiger partial charge is 0.381 e. The summed E-state index contributed by atoms with van der Waals surface area (Å²) in [5, 5.41) is 6.70. The molecule has 2 N–H and O–H groups in total. The van der Waals surface area contributed by atoms with Gasteiger partial charge in [-0.25, -0.2) is 12.8 Å². The summed E-state index contributed by atoms with van der Waals surface area (Å²) in [5.41, 5.74) is 0.906. The molecular weight excluding hydrogens is 407 g/mol. The van der Waals surface area contributed by atoms with Gasteiger partial charge in [-0.3, -0.25) is 4.99 Å². The zero-order valence-electron chi connectivity index (χ0n) is 17.9. The molecule has 0 amide bonds.